The molecule has 0 aromatic rings. The van der Waals surface area contributed by atoms with Gasteiger partial charge in [-0.2, -0.15) is 25.3 Å². The van der Waals surface area contributed by atoms with Crippen LogP contribution >= 0.6 is 25.3 Å². The quantitative estimate of drug-likeness (QED) is 0.586. The largest absolute Gasteiger partial charge is 0.481 e. The summed E-state index contributed by atoms with van der Waals surface area (Å²) in [6, 6.07) is 0. The van der Waals surface area contributed by atoms with Gasteiger partial charge in [-0.25, -0.2) is 0 Å². The number of hydrogen-bond acceptors (Lipinski definition) is 3. The second-order valence-corrected chi connectivity index (χ2v) is 8.59. The minimum Gasteiger partial charge on any atom is -0.481 e. The van der Waals surface area contributed by atoms with Crippen molar-refractivity contribution in [2.45, 2.75) is 69.3 Å². The maximum absolute atomic E-state index is 10.8. The SMILES string of the molecule is CC(C)(S)CCC(CCC(C)(C)S)CC(=O)O. The van der Waals surface area contributed by atoms with Gasteiger partial charge < -0.3 is 5.11 Å². The predicted molar refractivity (Wildman–Crippen MR) is 80.3 cm³/mol. The van der Waals surface area contributed by atoms with Crippen molar-refractivity contribution in [1.29, 1.82) is 0 Å². The molecular formula is C13H26O2S2. The topological polar surface area (TPSA) is 37.3 Å². The van der Waals surface area contributed by atoms with Crippen molar-refractivity contribution >= 4 is 31.2 Å². The molecular weight excluding hydrogens is 252 g/mol. The summed E-state index contributed by atoms with van der Waals surface area (Å²) in [5.41, 5.74) is 0. The van der Waals surface area contributed by atoms with Crippen molar-refractivity contribution < 1.29 is 9.90 Å². The van der Waals surface area contributed by atoms with Gasteiger partial charge in [-0.05, 0) is 31.6 Å². The van der Waals surface area contributed by atoms with E-state index in [9.17, 15) is 4.79 Å². The average molecular weight is 278 g/mol. The van der Waals surface area contributed by atoms with Crippen molar-refractivity contribution in [3.8, 4) is 0 Å². The molecule has 0 saturated heterocycles. The molecule has 0 rings (SSSR count). The molecule has 0 fully saturated rings. The van der Waals surface area contributed by atoms with Crippen LogP contribution in [0, 0.1) is 5.92 Å². The van der Waals surface area contributed by atoms with E-state index in [1.807, 2.05) is 0 Å². The zero-order chi connectivity index (χ0) is 13.7. The lowest BCUT2D eigenvalue weighted by atomic mass is 9.88. The van der Waals surface area contributed by atoms with Gasteiger partial charge in [0.25, 0.3) is 0 Å². The number of hydrogen-bond donors (Lipinski definition) is 3. The van der Waals surface area contributed by atoms with Crippen LogP contribution in [0.25, 0.3) is 0 Å². The Morgan fingerprint density at radius 3 is 1.65 bits per heavy atom. The van der Waals surface area contributed by atoms with Crippen LogP contribution in [0.15, 0.2) is 0 Å². The van der Waals surface area contributed by atoms with E-state index in [0.29, 0.717) is 0 Å². The molecule has 0 aliphatic rings. The predicted octanol–water partition coefficient (Wildman–Crippen LogP) is 4.05. The van der Waals surface area contributed by atoms with Crippen LogP contribution in [0.1, 0.15) is 59.8 Å². The van der Waals surface area contributed by atoms with Gasteiger partial charge in [0.05, 0.1) is 0 Å². The minimum absolute atomic E-state index is 0.0206. The lowest BCUT2D eigenvalue weighted by molar-refractivity contribution is -0.138. The standard InChI is InChI=1S/C13H26O2S2/c1-12(2,16)7-5-10(9-11(14)15)6-8-13(3,4)17/h10,16-17H,5-9H2,1-4H3,(H,14,15). The van der Waals surface area contributed by atoms with E-state index in [1.54, 1.807) is 0 Å². The third kappa shape index (κ3) is 12.4. The smallest absolute Gasteiger partial charge is 0.303 e. The summed E-state index contributed by atoms with van der Waals surface area (Å²) in [5, 5.41) is 8.90. The summed E-state index contributed by atoms with van der Waals surface area (Å²) in [6.07, 6.45) is 4.00. The average Bonchev–Trinajstić information content (AvgIpc) is 2.06. The summed E-state index contributed by atoms with van der Waals surface area (Å²) in [7, 11) is 0. The van der Waals surface area contributed by atoms with Gasteiger partial charge in [0, 0.05) is 15.9 Å². The third-order valence-electron chi connectivity index (χ3n) is 2.79. The first kappa shape index (κ1) is 17.2. The van der Waals surface area contributed by atoms with Crippen molar-refractivity contribution in [1.82, 2.24) is 0 Å². The van der Waals surface area contributed by atoms with Gasteiger partial charge in [-0.3, -0.25) is 4.79 Å². The van der Waals surface area contributed by atoms with Gasteiger partial charge in [-0.1, -0.05) is 27.7 Å². The lowest BCUT2D eigenvalue weighted by Gasteiger charge is -2.24. The summed E-state index contributed by atoms with van der Waals surface area (Å²) < 4.78 is -0.0412. The highest BCUT2D eigenvalue weighted by molar-refractivity contribution is 7.81. The molecule has 0 atom stereocenters. The molecule has 0 aliphatic carbocycles. The maximum atomic E-state index is 10.8. The third-order valence-corrected chi connectivity index (χ3v) is 3.24. The van der Waals surface area contributed by atoms with Gasteiger partial charge in [0.15, 0.2) is 0 Å². The van der Waals surface area contributed by atoms with Crippen LogP contribution in [0.2, 0.25) is 0 Å². The number of rotatable bonds is 8. The van der Waals surface area contributed by atoms with Gasteiger partial charge in [0.2, 0.25) is 0 Å². The molecule has 4 heteroatoms. The Balaban J connectivity index is 4.19. The molecule has 2 nitrogen and oxygen atoms in total. The molecule has 0 amide bonds. The van der Waals surface area contributed by atoms with Crippen LogP contribution in [0.5, 0.6) is 0 Å². The number of carboxylic acid groups (broad SMARTS) is 1. The van der Waals surface area contributed by atoms with Crippen molar-refractivity contribution in [3.05, 3.63) is 0 Å². The Morgan fingerprint density at radius 2 is 1.41 bits per heavy atom. The zero-order valence-electron chi connectivity index (χ0n) is 11.4. The number of carbonyl (C=O) groups is 1. The summed E-state index contributed by atoms with van der Waals surface area (Å²) in [5.74, 6) is -0.464. The molecule has 0 aromatic carbocycles. The van der Waals surface area contributed by atoms with Gasteiger partial charge >= 0.3 is 5.97 Å². The first-order valence-electron chi connectivity index (χ1n) is 6.16. The number of carboxylic acids is 1. The molecule has 0 aromatic heterocycles. The molecule has 0 aliphatic heterocycles. The fraction of sp³-hybridized carbons (Fsp3) is 0.923. The van der Waals surface area contributed by atoms with Crippen LogP contribution < -0.4 is 0 Å². The van der Waals surface area contributed by atoms with Crippen molar-refractivity contribution in [2.24, 2.45) is 5.92 Å². The molecule has 0 spiro atoms. The monoisotopic (exact) mass is 278 g/mol. The zero-order valence-corrected chi connectivity index (χ0v) is 13.2. The summed E-state index contributed by atoms with van der Waals surface area (Å²) >= 11 is 8.97. The fourth-order valence-electron chi connectivity index (χ4n) is 1.71. The Bertz CT molecular complexity index is 221. The Hall–Kier alpha value is 0.170. The Morgan fingerprint density at radius 1 is 1.06 bits per heavy atom. The van der Waals surface area contributed by atoms with E-state index >= 15 is 0 Å². The van der Waals surface area contributed by atoms with Crippen LogP contribution in [0.4, 0.5) is 0 Å². The van der Waals surface area contributed by atoms with Crippen molar-refractivity contribution in [3.63, 3.8) is 0 Å². The number of aliphatic carboxylic acids is 1. The maximum Gasteiger partial charge on any atom is 0.303 e. The normalized spacial score (nSPS) is 13.1. The molecule has 0 radical (unpaired) electrons. The summed E-state index contributed by atoms with van der Waals surface area (Å²) in [6.45, 7) is 8.26. The van der Waals surface area contributed by atoms with Gasteiger partial charge in [-0.15, -0.1) is 0 Å². The molecule has 102 valence electrons. The van der Waals surface area contributed by atoms with Crippen LogP contribution in [0.3, 0.4) is 0 Å². The molecule has 17 heavy (non-hydrogen) atoms. The van der Waals surface area contributed by atoms with E-state index in [2.05, 4.69) is 53.0 Å². The van der Waals surface area contributed by atoms with E-state index in [-0.39, 0.29) is 21.8 Å². The van der Waals surface area contributed by atoms with E-state index in [0.717, 1.165) is 25.7 Å². The van der Waals surface area contributed by atoms with E-state index in [1.165, 1.54) is 0 Å². The first-order chi connectivity index (χ1) is 7.49. The highest BCUT2D eigenvalue weighted by atomic mass is 32.1. The highest BCUT2D eigenvalue weighted by Crippen LogP contribution is 2.29. The van der Waals surface area contributed by atoms with E-state index < -0.39 is 5.97 Å². The Kier molecular flexibility index (Phi) is 7.00. The van der Waals surface area contributed by atoms with Crippen LogP contribution in [-0.4, -0.2) is 20.6 Å². The second-order valence-electron chi connectivity index (χ2n) is 6.17. The fourth-order valence-corrected chi connectivity index (χ4v) is 1.97. The molecule has 0 saturated carbocycles. The van der Waals surface area contributed by atoms with Crippen LogP contribution in [-0.2, 0) is 4.79 Å². The number of thiol groups is 2. The highest BCUT2D eigenvalue weighted by Gasteiger charge is 2.21. The van der Waals surface area contributed by atoms with E-state index in [4.69, 9.17) is 5.11 Å². The Labute approximate surface area is 116 Å². The molecule has 0 unspecified atom stereocenters. The lowest BCUT2D eigenvalue weighted by Crippen LogP contribution is -2.18. The minimum atomic E-state index is -0.705. The molecule has 0 bridgehead atoms. The molecule has 0 heterocycles. The molecule has 1 N–H and O–H groups in total. The summed E-state index contributed by atoms with van der Waals surface area (Å²) in [4.78, 5) is 10.8. The second kappa shape index (κ2) is 6.93. The van der Waals surface area contributed by atoms with Gasteiger partial charge in [0.1, 0.15) is 0 Å². The van der Waals surface area contributed by atoms with Crippen molar-refractivity contribution in [2.75, 3.05) is 0 Å². The first-order valence-corrected chi connectivity index (χ1v) is 7.05.